The normalized spacial score (nSPS) is 11.7. The Morgan fingerprint density at radius 3 is 2.47 bits per heavy atom. The van der Waals surface area contributed by atoms with Crippen LogP contribution >= 0.6 is 11.6 Å². The minimum absolute atomic E-state index is 0.279. The second kappa shape index (κ2) is 6.20. The van der Waals surface area contributed by atoms with Crippen molar-refractivity contribution in [2.75, 3.05) is 5.88 Å². The van der Waals surface area contributed by atoms with Crippen LogP contribution in [-0.4, -0.2) is 17.8 Å². The monoisotopic (exact) mass is 258 g/mol. The van der Waals surface area contributed by atoms with Crippen LogP contribution in [0.4, 0.5) is 9.18 Å². The van der Waals surface area contributed by atoms with Gasteiger partial charge < -0.3 is 5.32 Å². The second-order valence-corrected chi connectivity index (χ2v) is 3.70. The van der Waals surface area contributed by atoms with E-state index in [2.05, 4.69) is 5.32 Å². The van der Waals surface area contributed by atoms with Crippen LogP contribution in [0.25, 0.3) is 0 Å². The molecule has 2 N–H and O–H groups in total. The molecule has 0 saturated carbocycles. The van der Waals surface area contributed by atoms with E-state index >= 15 is 0 Å². The van der Waals surface area contributed by atoms with Crippen molar-refractivity contribution in [3.8, 4) is 0 Å². The summed E-state index contributed by atoms with van der Waals surface area (Å²) in [5.41, 5.74) is 0.736. The summed E-state index contributed by atoms with van der Waals surface area (Å²) in [7, 11) is 0. The van der Waals surface area contributed by atoms with Gasteiger partial charge in [-0.3, -0.25) is 10.1 Å². The molecule has 1 aromatic carbocycles. The van der Waals surface area contributed by atoms with E-state index in [9.17, 15) is 14.0 Å². The van der Waals surface area contributed by atoms with Gasteiger partial charge in [-0.1, -0.05) is 12.1 Å². The molecule has 1 rings (SSSR count). The quantitative estimate of drug-likeness (QED) is 0.814. The van der Waals surface area contributed by atoms with Crippen molar-refractivity contribution in [2.45, 2.75) is 13.0 Å². The molecule has 1 aromatic rings. The van der Waals surface area contributed by atoms with Gasteiger partial charge in [0.2, 0.25) is 5.91 Å². The number of hydrogen-bond donors (Lipinski definition) is 2. The maximum atomic E-state index is 12.7. The minimum atomic E-state index is -0.632. The standard InChI is InChI=1S/C11H12ClFN2O2/c1-7(8-2-4-9(13)5-3-8)14-11(17)15-10(16)6-12/h2-5,7H,6H2,1H3,(H2,14,15,16,17). The molecular formula is C11H12ClFN2O2. The zero-order valence-corrected chi connectivity index (χ0v) is 9.92. The highest BCUT2D eigenvalue weighted by atomic mass is 35.5. The van der Waals surface area contributed by atoms with Gasteiger partial charge in [-0.2, -0.15) is 0 Å². The number of amides is 3. The topological polar surface area (TPSA) is 58.2 Å². The van der Waals surface area contributed by atoms with Crippen molar-refractivity contribution in [1.82, 2.24) is 10.6 Å². The lowest BCUT2D eigenvalue weighted by Gasteiger charge is -2.14. The molecule has 0 radical (unpaired) electrons. The molecule has 0 aliphatic heterocycles. The van der Waals surface area contributed by atoms with Gasteiger partial charge in [-0.15, -0.1) is 11.6 Å². The molecule has 6 heteroatoms. The first-order chi connectivity index (χ1) is 8.02. The molecule has 0 spiro atoms. The summed E-state index contributed by atoms with van der Waals surface area (Å²) in [6.45, 7) is 1.72. The zero-order chi connectivity index (χ0) is 12.8. The van der Waals surface area contributed by atoms with Crippen molar-refractivity contribution in [1.29, 1.82) is 0 Å². The van der Waals surface area contributed by atoms with Gasteiger partial charge in [0.1, 0.15) is 11.7 Å². The summed E-state index contributed by atoms with van der Waals surface area (Å²) >= 11 is 5.23. The van der Waals surface area contributed by atoms with Gasteiger partial charge in [0.05, 0.1) is 6.04 Å². The lowest BCUT2D eigenvalue weighted by molar-refractivity contribution is -0.117. The molecule has 0 aromatic heterocycles. The maximum absolute atomic E-state index is 12.7. The van der Waals surface area contributed by atoms with E-state index in [1.54, 1.807) is 19.1 Å². The first-order valence-electron chi connectivity index (χ1n) is 4.94. The number of halogens is 2. The predicted molar refractivity (Wildman–Crippen MR) is 62.2 cm³/mol. The van der Waals surface area contributed by atoms with E-state index in [0.29, 0.717) is 0 Å². The number of imide groups is 1. The molecule has 1 atom stereocenters. The van der Waals surface area contributed by atoms with Crippen LogP contribution < -0.4 is 10.6 Å². The molecule has 3 amide bonds. The van der Waals surface area contributed by atoms with Crippen LogP contribution in [0.1, 0.15) is 18.5 Å². The summed E-state index contributed by atoms with van der Waals surface area (Å²) in [5, 5.41) is 4.58. The van der Waals surface area contributed by atoms with Crippen LogP contribution in [0.2, 0.25) is 0 Å². The highest BCUT2D eigenvalue weighted by Gasteiger charge is 2.11. The van der Waals surface area contributed by atoms with Crippen molar-refractivity contribution in [2.24, 2.45) is 0 Å². The maximum Gasteiger partial charge on any atom is 0.321 e. The highest BCUT2D eigenvalue weighted by Crippen LogP contribution is 2.12. The first kappa shape index (κ1) is 13.4. The molecule has 92 valence electrons. The van der Waals surface area contributed by atoms with Crippen LogP contribution in [0.5, 0.6) is 0 Å². The molecule has 0 aliphatic rings. The molecule has 0 heterocycles. The fraction of sp³-hybridized carbons (Fsp3) is 0.273. The Morgan fingerprint density at radius 2 is 1.94 bits per heavy atom. The smallest absolute Gasteiger partial charge is 0.321 e. The number of carbonyl (C=O) groups is 2. The Bertz CT molecular complexity index is 408. The fourth-order valence-corrected chi connectivity index (χ4v) is 1.29. The average molecular weight is 259 g/mol. The third-order valence-corrected chi connectivity index (χ3v) is 2.33. The van der Waals surface area contributed by atoms with Crippen molar-refractivity contribution in [3.05, 3.63) is 35.6 Å². The SMILES string of the molecule is CC(NC(=O)NC(=O)CCl)c1ccc(F)cc1. The van der Waals surface area contributed by atoms with Crippen LogP contribution in [0, 0.1) is 5.82 Å². The number of urea groups is 1. The summed E-state index contributed by atoms with van der Waals surface area (Å²) in [6.07, 6.45) is 0. The number of nitrogens with one attached hydrogen (secondary N) is 2. The third kappa shape index (κ3) is 4.40. The zero-order valence-electron chi connectivity index (χ0n) is 9.17. The van der Waals surface area contributed by atoms with Crippen LogP contribution in [0.15, 0.2) is 24.3 Å². The first-order valence-corrected chi connectivity index (χ1v) is 5.48. The number of rotatable bonds is 3. The van der Waals surface area contributed by atoms with E-state index in [1.807, 2.05) is 5.32 Å². The van der Waals surface area contributed by atoms with Gasteiger partial charge in [0, 0.05) is 0 Å². The Kier molecular flexibility index (Phi) is 4.90. The second-order valence-electron chi connectivity index (χ2n) is 3.43. The lowest BCUT2D eigenvalue weighted by Crippen LogP contribution is -2.41. The molecule has 0 fully saturated rings. The predicted octanol–water partition coefficient (Wildman–Crippen LogP) is 1.95. The van der Waals surface area contributed by atoms with E-state index in [4.69, 9.17) is 11.6 Å². The van der Waals surface area contributed by atoms with Gasteiger partial charge in [-0.05, 0) is 24.6 Å². The summed E-state index contributed by atoms with van der Waals surface area (Å²) in [5.74, 6) is -1.20. The van der Waals surface area contributed by atoms with Crippen molar-refractivity contribution in [3.63, 3.8) is 0 Å². The summed E-state index contributed by atoms with van der Waals surface area (Å²) < 4.78 is 12.7. The molecule has 0 aliphatic carbocycles. The molecule has 0 bridgehead atoms. The van der Waals surface area contributed by atoms with E-state index in [-0.39, 0.29) is 17.7 Å². The summed E-state index contributed by atoms with van der Waals surface area (Å²) in [6, 6.07) is 4.75. The highest BCUT2D eigenvalue weighted by molar-refractivity contribution is 6.28. The average Bonchev–Trinajstić information content (AvgIpc) is 2.29. The van der Waals surface area contributed by atoms with Gasteiger partial charge in [0.25, 0.3) is 0 Å². The Hall–Kier alpha value is -1.62. The van der Waals surface area contributed by atoms with Crippen LogP contribution in [-0.2, 0) is 4.79 Å². The minimum Gasteiger partial charge on any atom is -0.331 e. The summed E-state index contributed by atoms with van der Waals surface area (Å²) in [4.78, 5) is 22.1. The van der Waals surface area contributed by atoms with E-state index in [1.165, 1.54) is 12.1 Å². The van der Waals surface area contributed by atoms with Crippen LogP contribution in [0.3, 0.4) is 0 Å². The third-order valence-electron chi connectivity index (χ3n) is 2.09. The Morgan fingerprint density at radius 1 is 1.35 bits per heavy atom. The number of hydrogen-bond acceptors (Lipinski definition) is 2. The number of carbonyl (C=O) groups excluding carboxylic acids is 2. The number of benzene rings is 1. The Labute approximate surface area is 103 Å². The Balaban J connectivity index is 2.54. The van der Waals surface area contributed by atoms with E-state index < -0.39 is 11.9 Å². The molecule has 4 nitrogen and oxygen atoms in total. The van der Waals surface area contributed by atoms with Gasteiger partial charge in [-0.25, -0.2) is 9.18 Å². The van der Waals surface area contributed by atoms with Crippen molar-refractivity contribution >= 4 is 23.5 Å². The largest absolute Gasteiger partial charge is 0.331 e. The number of alkyl halides is 1. The molecule has 0 saturated heterocycles. The van der Waals surface area contributed by atoms with E-state index in [0.717, 1.165) is 5.56 Å². The van der Waals surface area contributed by atoms with Gasteiger partial charge >= 0.3 is 6.03 Å². The molecular weight excluding hydrogens is 247 g/mol. The fourth-order valence-electron chi connectivity index (χ4n) is 1.23. The lowest BCUT2D eigenvalue weighted by atomic mass is 10.1. The molecule has 17 heavy (non-hydrogen) atoms. The van der Waals surface area contributed by atoms with Crippen molar-refractivity contribution < 1.29 is 14.0 Å². The molecule has 1 unspecified atom stereocenters. The van der Waals surface area contributed by atoms with Gasteiger partial charge in [0.15, 0.2) is 0 Å².